The van der Waals surface area contributed by atoms with Gasteiger partial charge in [0.25, 0.3) is 0 Å². The van der Waals surface area contributed by atoms with E-state index in [-0.39, 0.29) is 5.91 Å². The Balaban J connectivity index is 2.47. The third kappa shape index (κ3) is 2.19. The summed E-state index contributed by atoms with van der Waals surface area (Å²) in [5.74, 6) is 0.234. The van der Waals surface area contributed by atoms with E-state index in [1.54, 1.807) is 0 Å². The van der Waals surface area contributed by atoms with Crippen LogP contribution in [0.2, 0.25) is 0 Å². The lowest BCUT2D eigenvalue weighted by molar-refractivity contribution is -0.131. The lowest BCUT2D eigenvalue weighted by Gasteiger charge is -2.32. The molecule has 3 heteroatoms. The van der Waals surface area contributed by atoms with Crippen molar-refractivity contribution in [2.45, 2.75) is 32.2 Å². The van der Waals surface area contributed by atoms with Crippen LogP contribution in [0.15, 0.2) is 0 Å². The van der Waals surface area contributed by atoms with Gasteiger partial charge in [0.1, 0.15) is 0 Å². The van der Waals surface area contributed by atoms with E-state index in [1.165, 1.54) is 19.3 Å². The van der Waals surface area contributed by atoms with E-state index in [9.17, 15) is 4.79 Å². The molecule has 0 aromatic carbocycles. The number of likely N-dealkylation sites (tertiary alicyclic amines) is 1. The fraction of sp³-hybridized carbons (Fsp3) is 0.875. The Morgan fingerprint density at radius 3 is 2.91 bits per heavy atom. The SMILES string of the molecule is CC1CCCCN1C(=O)CBr. The maximum absolute atomic E-state index is 11.3. The second-order valence-corrected chi connectivity index (χ2v) is 3.63. The topological polar surface area (TPSA) is 20.3 Å². The lowest BCUT2D eigenvalue weighted by Crippen LogP contribution is -2.42. The van der Waals surface area contributed by atoms with Crippen LogP contribution in [0.5, 0.6) is 0 Å². The van der Waals surface area contributed by atoms with Crippen LogP contribution in [0.25, 0.3) is 0 Å². The van der Waals surface area contributed by atoms with Gasteiger partial charge in [-0.1, -0.05) is 15.9 Å². The molecule has 1 heterocycles. The molecule has 0 aromatic rings. The van der Waals surface area contributed by atoms with Gasteiger partial charge in [-0.25, -0.2) is 0 Å². The van der Waals surface area contributed by atoms with Crippen LogP contribution in [-0.2, 0) is 4.79 Å². The number of hydrogen-bond acceptors (Lipinski definition) is 1. The molecule has 2 nitrogen and oxygen atoms in total. The standard InChI is InChI=1S/C8H14BrNO/c1-7-4-2-3-5-10(7)8(11)6-9/h7H,2-6H2,1H3. The average molecular weight is 220 g/mol. The monoisotopic (exact) mass is 219 g/mol. The molecule has 0 spiro atoms. The van der Waals surface area contributed by atoms with E-state index in [1.807, 2.05) is 4.90 Å². The first-order chi connectivity index (χ1) is 5.25. The fourth-order valence-corrected chi connectivity index (χ4v) is 1.87. The molecule has 0 aromatic heterocycles. The summed E-state index contributed by atoms with van der Waals surface area (Å²) in [6.07, 6.45) is 3.61. The van der Waals surface area contributed by atoms with Crippen LogP contribution >= 0.6 is 15.9 Å². The van der Waals surface area contributed by atoms with E-state index in [0.29, 0.717) is 11.4 Å². The van der Waals surface area contributed by atoms with Gasteiger partial charge in [-0.15, -0.1) is 0 Å². The maximum atomic E-state index is 11.3. The lowest BCUT2D eigenvalue weighted by atomic mass is 10.0. The number of hydrogen-bond donors (Lipinski definition) is 0. The van der Waals surface area contributed by atoms with Gasteiger partial charge in [0.15, 0.2) is 0 Å². The zero-order valence-electron chi connectivity index (χ0n) is 6.85. The van der Waals surface area contributed by atoms with Crippen LogP contribution in [0.3, 0.4) is 0 Å². The Morgan fingerprint density at radius 1 is 1.64 bits per heavy atom. The van der Waals surface area contributed by atoms with Crippen LogP contribution < -0.4 is 0 Å². The van der Waals surface area contributed by atoms with E-state index < -0.39 is 0 Å². The maximum Gasteiger partial charge on any atom is 0.233 e. The van der Waals surface area contributed by atoms with Crippen molar-refractivity contribution in [1.82, 2.24) is 4.90 Å². The second kappa shape index (κ2) is 4.10. The van der Waals surface area contributed by atoms with E-state index in [4.69, 9.17) is 0 Å². The Morgan fingerprint density at radius 2 is 2.36 bits per heavy atom. The van der Waals surface area contributed by atoms with Gasteiger partial charge in [0.2, 0.25) is 5.91 Å². The zero-order chi connectivity index (χ0) is 8.27. The van der Waals surface area contributed by atoms with Gasteiger partial charge in [-0.2, -0.15) is 0 Å². The normalized spacial score (nSPS) is 25.3. The summed E-state index contributed by atoms with van der Waals surface area (Å²) >= 11 is 3.19. The minimum atomic E-state index is 0.234. The summed E-state index contributed by atoms with van der Waals surface area (Å²) in [7, 11) is 0. The molecule has 0 aliphatic carbocycles. The molecule has 0 radical (unpaired) electrons. The van der Waals surface area contributed by atoms with Gasteiger partial charge in [0.05, 0.1) is 5.33 Å². The Bertz CT molecular complexity index is 149. The first kappa shape index (κ1) is 9.04. The first-order valence-corrected chi connectivity index (χ1v) is 5.23. The summed E-state index contributed by atoms with van der Waals surface area (Å²) < 4.78 is 0. The summed E-state index contributed by atoms with van der Waals surface area (Å²) in [6.45, 7) is 3.07. The number of amides is 1. The number of halogens is 1. The van der Waals surface area contributed by atoms with Crippen molar-refractivity contribution < 1.29 is 4.79 Å². The minimum Gasteiger partial charge on any atom is -0.339 e. The van der Waals surface area contributed by atoms with Crippen LogP contribution in [0, 0.1) is 0 Å². The highest BCUT2D eigenvalue weighted by Gasteiger charge is 2.21. The summed E-state index contributed by atoms with van der Waals surface area (Å²) in [5, 5.41) is 0.470. The molecule has 1 atom stereocenters. The summed E-state index contributed by atoms with van der Waals surface area (Å²) in [4.78, 5) is 13.2. The zero-order valence-corrected chi connectivity index (χ0v) is 8.43. The van der Waals surface area contributed by atoms with Crippen molar-refractivity contribution in [2.75, 3.05) is 11.9 Å². The Kier molecular flexibility index (Phi) is 3.37. The number of rotatable bonds is 1. The van der Waals surface area contributed by atoms with Crippen molar-refractivity contribution in [3.63, 3.8) is 0 Å². The summed E-state index contributed by atoms with van der Waals surface area (Å²) in [6, 6.07) is 0.453. The smallest absolute Gasteiger partial charge is 0.233 e. The third-order valence-electron chi connectivity index (χ3n) is 2.24. The van der Waals surface area contributed by atoms with Crippen molar-refractivity contribution in [2.24, 2.45) is 0 Å². The van der Waals surface area contributed by atoms with E-state index in [0.717, 1.165) is 6.54 Å². The minimum absolute atomic E-state index is 0.234. The van der Waals surface area contributed by atoms with Gasteiger partial charge < -0.3 is 4.90 Å². The van der Waals surface area contributed by atoms with Crippen LogP contribution in [0.1, 0.15) is 26.2 Å². The molecule has 64 valence electrons. The molecule has 0 bridgehead atoms. The predicted octanol–water partition coefficient (Wildman–Crippen LogP) is 1.78. The molecule has 1 fully saturated rings. The van der Waals surface area contributed by atoms with E-state index in [2.05, 4.69) is 22.9 Å². The number of piperidine rings is 1. The van der Waals surface area contributed by atoms with E-state index >= 15 is 0 Å². The molecule has 1 saturated heterocycles. The largest absolute Gasteiger partial charge is 0.339 e. The molecule has 11 heavy (non-hydrogen) atoms. The number of alkyl halides is 1. The highest BCUT2D eigenvalue weighted by atomic mass is 79.9. The fourth-order valence-electron chi connectivity index (χ4n) is 1.55. The quantitative estimate of drug-likeness (QED) is 0.617. The number of nitrogens with zero attached hydrogens (tertiary/aromatic N) is 1. The van der Waals surface area contributed by atoms with Crippen LogP contribution in [-0.4, -0.2) is 28.7 Å². The Labute approximate surface area is 76.1 Å². The number of carbonyl (C=O) groups is 1. The van der Waals surface area contributed by atoms with Crippen molar-refractivity contribution >= 4 is 21.8 Å². The van der Waals surface area contributed by atoms with Gasteiger partial charge in [-0.3, -0.25) is 4.79 Å². The third-order valence-corrected chi connectivity index (χ3v) is 2.72. The highest BCUT2D eigenvalue weighted by molar-refractivity contribution is 9.09. The molecular weight excluding hydrogens is 206 g/mol. The van der Waals surface area contributed by atoms with Crippen molar-refractivity contribution in [1.29, 1.82) is 0 Å². The van der Waals surface area contributed by atoms with Crippen molar-refractivity contribution in [3.05, 3.63) is 0 Å². The Hall–Kier alpha value is -0.0500. The second-order valence-electron chi connectivity index (χ2n) is 3.07. The molecule has 1 amide bonds. The molecule has 1 unspecified atom stereocenters. The summed E-state index contributed by atoms with van der Waals surface area (Å²) in [5.41, 5.74) is 0. The molecule has 1 rings (SSSR count). The molecule has 1 aliphatic heterocycles. The molecule has 0 saturated carbocycles. The molecular formula is C8H14BrNO. The molecule has 1 aliphatic rings. The van der Waals surface area contributed by atoms with Crippen molar-refractivity contribution in [3.8, 4) is 0 Å². The predicted molar refractivity (Wildman–Crippen MR) is 48.8 cm³/mol. The van der Waals surface area contributed by atoms with Gasteiger partial charge in [0, 0.05) is 12.6 Å². The average Bonchev–Trinajstić information content (AvgIpc) is 2.04. The first-order valence-electron chi connectivity index (χ1n) is 4.11. The van der Waals surface area contributed by atoms with Crippen LogP contribution in [0.4, 0.5) is 0 Å². The number of carbonyl (C=O) groups excluding carboxylic acids is 1. The molecule has 0 N–H and O–H groups in total. The highest BCUT2D eigenvalue weighted by Crippen LogP contribution is 2.16. The van der Waals surface area contributed by atoms with Gasteiger partial charge in [-0.05, 0) is 26.2 Å². The van der Waals surface area contributed by atoms with Gasteiger partial charge >= 0.3 is 0 Å².